The maximum atomic E-state index is 14.0. The van der Waals surface area contributed by atoms with Crippen molar-refractivity contribution in [1.82, 2.24) is 9.80 Å². The standard InChI is InChI=1S/C19H27F2N3O/c1-13(16-6-5-15(20)12-17(16)21)23-7-9-24(10-8-23)19(25)11-14-3-2-4-18(14)22/h5-6,12-14,18H,2-4,7-11,22H2,1H3/t13?,14-,18+/m0/s1. The minimum Gasteiger partial charge on any atom is -0.340 e. The van der Waals surface area contributed by atoms with Crippen molar-refractivity contribution in [2.75, 3.05) is 26.2 Å². The smallest absolute Gasteiger partial charge is 0.222 e. The van der Waals surface area contributed by atoms with Gasteiger partial charge in [-0.2, -0.15) is 0 Å². The van der Waals surface area contributed by atoms with Gasteiger partial charge in [-0.05, 0) is 31.7 Å². The van der Waals surface area contributed by atoms with Crippen LogP contribution in [0.15, 0.2) is 18.2 Å². The molecule has 1 aromatic carbocycles. The first-order valence-corrected chi connectivity index (χ1v) is 9.18. The topological polar surface area (TPSA) is 49.6 Å². The van der Waals surface area contributed by atoms with Crippen molar-refractivity contribution in [3.8, 4) is 0 Å². The van der Waals surface area contributed by atoms with E-state index in [1.165, 1.54) is 12.1 Å². The second-order valence-corrected chi connectivity index (χ2v) is 7.32. The molecule has 3 rings (SSSR count). The fourth-order valence-electron chi connectivity index (χ4n) is 4.07. The van der Waals surface area contributed by atoms with E-state index in [4.69, 9.17) is 5.73 Å². The number of nitrogens with zero attached hydrogens (tertiary/aromatic N) is 2. The number of piperazine rings is 1. The van der Waals surface area contributed by atoms with Crippen LogP contribution in [0.3, 0.4) is 0 Å². The van der Waals surface area contributed by atoms with E-state index in [1.54, 1.807) is 0 Å². The van der Waals surface area contributed by atoms with Gasteiger partial charge in [0.15, 0.2) is 0 Å². The lowest BCUT2D eigenvalue weighted by atomic mass is 9.99. The Morgan fingerprint density at radius 2 is 1.96 bits per heavy atom. The maximum Gasteiger partial charge on any atom is 0.222 e. The number of halogens is 2. The number of amides is 1. The third-order valence-corrected chi connectivity index (χ3v) is 5.78. The molecule has 6 heteroatoms. The van der Waals surface area contributed by atoms with Gasteiger partial charge in [-0.25, -0.2) is 8.78 Å². The molecule has 2 fully saturated rings. The van der Waals surface area contributed by atoms with Crippen LogP contribution in [0, 0.1) is 17.6 Å². The summed E-state index contributed by atoms with van der Waals surface area (Å²) < 4.78 is 27.1. The van der Waals surface area contributed by atoms with Crippen molar-refractivity contribution >= 4 is 5.91 Å². The predicted molar refractivity (Wildman–Crippen MR) is 92.9 cm³/mol. The lowest BCUT2D eigenvalue weighted by molar-refractivity contribution is -0.134. The molecular formula is C19H27F2N3O. The Bertz CT molecular complexity index is 617. The highest BCUT2D eigenvalue weighted by molar-refractivity contribution is 5.76. The van der Waals surface area contributed by atoms with E-state index in [9.17, 15) is 13.6 Å². The average molecular weight is 351 g/mol. The molecule has 1 unspecified atom stereocenters. The molecule has 1 saturated carbocycles. The van der Waals surface area contributed by atoms with Crippen LogP contribution in [-0.2, 0) is 4.79 Å². The van der Waals surface area contributed by atoms with Crippen molar-refractivity contribution in [1.29, 1.82) is 0 Å². The first-order valence-electron chi connectivity index (χ1n) is 9.18. The second-order valence-electron chi connectivity index (χ2n) is 7.32. The van der Waals surface area contributed by atoms with Gasteiger partial charge in [0.05, 0.1) is 0 Å². The van der Waals surface area contributed by atoms with Gasteiger partial charge in [-0.3, -0.25) is 9.69 Å². The summed E-state index contributed by atoms with van der Waals surface area (Å²) in [4.78, 5) is 16.5. The zero-order valence-electron chi connectivity index (χ0n) is 14.8. The second kappa shape index (κ2) is 7.79. The minimum atomic E-state index is -0.561. The largest absolute Gasteiger partial charge is 0.340 e. The molecule has 0 bridgehead atoms. The van der Waals surface area contributed by atoms with E-state index in [0.29, 0.717) is 44.1 Å². The minimum absolute atomic E-state index is 0.138. The Labute approximate surface area is 148 Å². The summed E-state index contributed by atoms with van der Waals surface area (Å²) in [5, 5.41) is 0. The van der Waals surface area contributed by atoms with Gasteiger partial charge in [0.25, 0.3) is 0 Å². The average Bonchev–Trinajstić information content (AvgIpc) is 2.99. The monoisotopic (exact) mass is 351 g/mol. The normalized spacial score (nSPS) is 26.0. The summed E-state index contributed by atoms with van der Waals surface area (Å²) in [6.45, 7) is 4.61. The van der Waals surface area contributed by atoms with E-state index in [1.807, 2.05) is 11.8 Å². The molecule has 25 heavy (non-hydrogen) atoms. The van der Waals surface area contributed by atoms with Gasteiger partial charge < -0.3 is 10.6 Å². The third-order valence-electron chi connectivity index (χ3n) is 5.78. The number of benzene rings is 1. The van der Waals surface area contributed by atoms with Gasteiger partial charge in [0, 0.05) is 56.3 Å². The van der Waals surface area contributed by atoms with Crippen LogP contribution < -0.4 is 5.73 Å². The summed E-state index contributed by atoms with van der Waals surface area (Å²) >= 11 is 0. The molecule has 0 radical (unpaired) electrons. The fraction of sp³-hybridized carbons (Fsp3) is 0.632. The SMILES string of the molecule is CC(c1ccc(F)cc1F)N1CCN(C(=O)C[C@@H]2CCC[C@H]2N)CC1. The van der Waals surface area contributed by atoms with Gasteiger partial charge in [-0.1, -0.05) is 12.5 Å². The van der Waals surface area contributed by atoms with Crippen LogP contribution in [0.4, 0.5) is 8.78 Å². The van der Waals surface area contributed by atoms with Crippen molar-refractivity contribution in [3.05, 3.63) is 35.4 Å². The fourth-order valence-corrected chi connectivity index (χ4v) is 4.07. The lowest BCUT2D eigenvalue weighted by Gasteiger charge is -2.38. The van der Waals surface area contributed by atoms with Crippen molar-refractivity contribution < 1.29 is 13.6 Å². The molecule has 2 N–H and O–H groups in total. The van der Waals surface area contributed by atoms with Crippen molar-refractivity contribution in [2.24, 2.45) is 11.7 Å². The summed E-state index contributed by atoms with van der Waals surface area (Å²) in [5.41, 5.74) is 6.56. The molecule has 1 heterocycles. The zero-order valence-corrected chi connectivity index (χ0v) is 14.8. The first-order chi connectivity index (χ1) is 12.0. The number of carbonyl (C=O) groups excluding carboxylic acids is 1. The Kier molecular flexibility index (Phi) is 5.69. The first kappa shape index (κ1) is 18.3. The van der Waals surface area contributed by atoms with E-state index in [2.05, 4.69) is 4.90 Å². The maximum absolute atomic E-state index is 14.0. The number of carbonyl (C=O) groups is 1. The Morgan fingerprint density at radius 1 is 1.24 bits per heavy atom. The Balaban J connectivity index is 1.53. The zero-order chi connectivity index (χ0) is 18.0. The Hall–Kier alpha value is -1.53. The summed E-state index contributed by atoms with van der Waals surface area (Å²) in [7, 11) is 0. The highest BCUT2D eigenvalue weighted by atomic mass is 19.1. The van der Waals surface area contributed by atoms with Gasteiger partial charge in [-0.15, -0.1) is 0 Å². The van der Waals surface area contributed by atoms with Crippen LogP contribution in [0.5, 0.6) is 0 Å². The quantitative estimate of drug-likeness (QED) is 0.907. The number of hydrogen-bond donors (Lipinski definition) is 1. The highest BCUT2D eigenvalue weighted by Crippen LogP contribution is 2.28. The van der Waals surface area contributed by atoms with Crippen molar-refractivity contribution in [3.63, 3.8) is 0 Å². The molecule has 0 aromatic heterocycles. The van der Waals surface area contributed by atoms with Crippen LogP contribution in [0.2, 0.25) is 0 Å². The molecule has 1 aromatic rings. The molecule has 4 nitrogen and oxygen atoms in total. The van der Waals surface area contributed by atoms with Crippen LogP contribution in [0.25, 0.3) is 0 Å². The Morgan fingerprint density at radius 3 is 2.56 bits per heavy atom. The molecule has 138 valence electrons. The number of nitrogens with two attached hydrogens (primary N) is 1. The third kappa shape index (κ3) is 4.18. The summed E-state index contributed by atoms with van der Waals surface area (Å²) in [5.74, 6) is -0.574. The highest BCUT2D eigenvalue weighted by Gasteiger charge is 2.30. The number of rotatable bonds is 4. The van der Waals surface area contributed by atoms with E-state index in [0.717, 1.165) is 25.3 Å². The molecule has 1 amide bonds. The lowest BCUT2D eigenvalue weighted by Crippen LogP contribution is -2.50. The molecule has 0 spiro atoms. The molecular weight excluding hydrogens is 324 g/mol. The van der Waals surface area contributed by atoms with Gasteiger partial charge >= 0.3 is 0 Å². The molecule has 2 aliphatic rings. The predicted octanol–water partition coefficient (Wildman–Crippen LogP) is 2.69. The molecule has 1 aliphatic heterocycles. The van der Waals surface area contributed by atoms with E-state index < -0.39 is 11.6 Å². The van der Waals surface area contributed by atoms with Gasteiger partial charge in [0.2, 0.25) is 5.91 Å². The van der Waals surface area contributed by atoms with Crippen LogP contribution >= 0.6 is 0 Å². The summed E-state index contributed by atoms with van der Waals surface area (Å²) in [6.07, 6.45) is 3.73. The van der Waals surface area contributed by atoms with Crippen molar-refractivity contribution in [2.45, 2.75) is 44.7 Å². The van der Waals surface area contributed by atoms with Crippen LogP contribution in [0.1, 0.15) is 44.2 Å². The molecule has 1 aliphatic carbocycles. The molecule has 1 saturated heterocycles. The van der Waals surface area contributed by atoms with Gasteiger partial charge in [0.1, 0.15) is 11.6 Å². The molecule has 3 atom stereocenters. The number of hydrogen-bond acceptors (Lipinski definition) is 3. The van der Waals surface area contributed by atoms with E-state index >= 15 is 0 Å². The van der Waals surface area contributed by atoms with Crippen LogP contribution in [-0.4, -0.2) is 47.9 Å². The van der Waals surface area contributed by atoms with E-state index in [-0.39, 0.29) is 18.0 Å². The summed E-state index contributed by atoms with van der Waals surface area (Å²) in [6, 6.07) is 3.75.